The molecule has 0 bridgehead atoms. The molecule has 2 rings (SSSR count). The monoisotopic (exact) mass is 273 g/mol. The van der Waals surface area contributed by atoms with Crippen LogP contribution in [0.25, 0.3) is 0 Å². The molecule has 1 aromatic heterocycles. The number of nitrogens with zero attached hydrogens (tertiary/aromatic N) is 3. The molecule has 0 saturated heterocycles. The van der Waals surface area contributed by atoms with Crippen molar-refractivity contribution in [3.05, 3.63) is 30.3 Å². The highest BCUT2D eigenvalue weighted by atomic mass is 16.5. The fourth-order valence-corrected chi connectivity index (χ4v) is 1.85. The molecule has 0 aliphatic rings. The summed E-state index contributed by atoms with van der Waals surface area (Å²) in [5.74, 6) is 2.47. The minimum absolute atomic E-state index is 0.244. The minimum Gasteiger partial charge on any atom is -0.497 e. The van der Waals surface area contributed by atoms with Crippen molar-refractivity contribution in [3.63, 3.8) is 0 Å². The summed E-state index contributed by atoms with van der Waals surface area (Å²) in [4.78, 5) is 10.3. The summed E-state index contributed by atoms with van der Waals surface area (Å²) in [7, 11) is 3.57. The predicted octanol–water partition coefficient (Wildman–Crippen LogP) is 2.27. The van der Waals surface area contributed by atoms with Crippen LogP contribution in [-0.4, -0.2) is 30.7 Å². The lowest BCUT2D eigenvalue weighted by atomic mass is 10.2. The van der Waals surface area contributed by atoms with Crippen LogP contribution in [-0.2, 0) is 0 Å². The van der Waals surface area contributed by atoms with E-state index < -0.39 is 0 Å². The molecular weight excluding hydrogens is 254 g/mol. The van der Waals surface area contributed by atoms with Gasteiger partial charge in [0.25, 0.3) is 0 Å². The van der Waals surface area contributed by atoms with E-state index in [4.69, 9.17) is 10.5 Å². The van der Waals surface area contributed by atoms with Gasteiger partial charge in [0.1, 0.15) is 17.4 Å². The first-order valence-electron chi connectivity index (χ1n) is 6.40. The van der Waals surface area contributed by atoms with Gasteiger partial charge in [-0.3, -0.25) is 0 Å². The van der Waals surface area contributed by atoms with Gasteiger partial charge in [-0.05, 0) is 19.1 Å². The maximum atomic E-state index is 5.75. The van der Waals surface area contributed by atoms with E-state index in [2.05, 4.69) is 15.3 Å². The van der Waals surface area contributed by atoms with Crippen molar-refractivity contribution in [2.24, 2.45) is 0 Å². The Morgan fingerprint density at radius 1 is 1.30 bits per heavy atom. The summed E-state index contributed by atoms with van der Waals surface area (Å²) in [6.07, 6.45) is 0. The molecule has 106 valence electrons. The number of nitrogens with one attached hydrogen (secondary N) is 1. The molecule has 0 radical (unpaired) electrons. The largest absolute Gasteiger partial charge is 0.497 e. The second kappa shape index (κ2) is 6.10. The third kappa shape index (κ3) is 3.09. The number of ether oxygens (including phenoxy) is 1. The maximum Gasteiger partial charge on any atom is 0.223 e. The van der Waals surface area contributed by atoms with E-state index >= 15 is 0 Å². The highest BCUT2D eigenvalue weighted by Gasteiger charge is 2.09. The number of hydrogen-bond acceptors (Lipinski definition) is 6. The molecule has 2 aromatic rings. The summed E-state index contributed by atoms with van der Waals surface area (Å²) < 4.78 is 5.23. The molecule has 0 fully saturated rings. The molecular formula is C14H19N5O. The van der Waals surface area contributed by atoms with Crippen LogP contribution >= 0.6 is 0 Å². The Kier molecular flexibility index (Phi) is 4.24. The van der Waals surface area contributed by atoms with E-state index in [1.54, 1.807) is 7.11 Å². The van der Waals surface area contributed by atoms with Crippen LogP contribution in [0.4, 0.5) is 23.3 Å². The molecule has 6 heteroatoms. The zero-order chi connectivity index (χ0) is 14.5. The summed E-state index contributed by atoms with van der Waals surface area (Å²) in [6.45, 7) is 2.78. The zero-order valence-corrected chi connectivity index (χ0v) is 11.9. The highest BCUT2D eigenvalue weighted by molar-refractivity contribution is 5.64. The van der Waals surface area contributed by atoms with Crippen molar-refractivity contribution in [3.8, 4) is 5.75 Å². The van der Waals surface area contributed by atoms with Crippen LogP contribution in [0.5, 0.6) is 5.75 Å². The highest BCUT2D eigenvalue weighted by Crippen LogP contribution is 2.26. The first-order valence-corrected chi connectivity index (χ1v) is 6.40. The second-order valence-corrected chi connectivity index (χ2v) is 4.26. The molecule has 0 aliphatic heterocycles. The number of anilines is 4. The zero-order valence-electron chi connectivity index (χ0n) is 11.9. The Morgan fingerprint density at radius 3 is 2.80 bits per heavy atom. The SMILES string of the molecule is CCNc1cc(N(C)c2cccc(OC)c2)nc(N)n1. The lowest BCUT2D eigenvalue weighted by Gasteiger charge is -2.19. The number of nitrogens with two attached hydrogens (primary N) is 1. The number of methoxy groups -OCH3 is 1. The van der Waals surface area contributed by atoms with Gasteiger partial charge in [0.2, 0.25) is 5.95 Å². The van der Waals surface area contributed by atoms with Crippen LogP contribution in [0.15, 0.2) is 30.3 Å². The molecule has 1 aromatic carbocycles. The summed E-state index contributed by atoms with van der Waals surface area (Å²) >= 11 is 0. The van der Waals surface area contributed by atoms with Gasteiger partial charge in [-0.15, -0.1) is 0 Å². The summed E-state index contributed by atoms with van der Waals surface area (Å²) in [5.41, 5.74) is 6.71. The number of hydrogen-bond donors (Lipinski definition) is 2. The van der Waals surface area contributed by atoms with Crippen molar-refractivity contribution in [2.45, 2.75) is 6.92 Å². The van der Waals surface area contributed by atoms with Crippen LogP contribution in [0.3, 0.4) is 0 Å². The standard InChI is InChI=1S/C14H19N5O/c1-4-16-12-9-13(18-14(15)17-12)19(2)10-6-5-7-11(8-10)20-3/h5-9H,4H2,1-3H3,(H3,15,16,17,18). The minimum atomic E-state index is 0.244. The van der Waals surface area contributed by atoms with Crippen LogP contribution in [0.1, 0.15) is 6.92 Å². The predicted molar refractivity (Wildman–Crippen MR) is 81.7 cm³/mol. The Morgan fingerprint density at radius 2 is 2.10 bits per heavy atom. The van der Waals surface area contributed by atoms with Crippen LogP contribution in [0.2, 0.25) is 0 Å². The second-order valence-electron chi connectivity index (χ2n) is 4.26. The molecule has 0 unspecified atom stereocenters. The molecule has 0 saturated carbocycles. The van der Waals surface area contributed by atoms with Gasteiger partial charge in [-0.1, -0.05) is 6.07 Å². The Hall–Kier alpha value is -2.50. The van der Waals surface area contributed by atoms with E-state index in [9.17, 15) is 0 Å². The number of nitrogen functional groups attached to an aromatic ring is 1. The van der Waals surface area contributed by atoms with Crippen molar-refractivity contribution >= 4 is 23.3 Å². The Balaban J connectivity index is 2.34. The van der Waals surface area contributed by atoms with Crippen molar-refractivity contribution in [1.29, 1.82) is 0 Å². The smallest absolute Gasteiger partial charge is 0.223 e. The average Bonchev–Trinajstić information content (AvgIpc) is 2.46. The molecule has 0 amide bonds. The third-order valence-corrected chi connectivity index (χ3v) is 2.87. The number of benzene rings is 1. The van der Waals surface area contributed by atoms with Gasteiger partial charge in [-0.25, -0.2) is 0 Å². The Labute approximate surface area is 118 Å². The number of rotatable bonds is 5. The van der Waals surface area contributed by atoms with E-state index in [0.29, 0.717) is 5.82 Å². The molecule has 0 spiro atoms. The van der Waals surface area contributed by atoms with E-state index in [1.807, 2.05) is 49.2 Å². The first-order chi connectivity index (χ1) is 9.63. The topological polar surface area (TPSA) is 76.3 Å². The number of aromatic nitrogens is 2. The van der Waals surface area contributed by atoms with Crippen LogP contribution in [0, 0.1) is 0 Å². The van der Waals surface area contributed by atoms with E-state index in [1.165, 1.54) is 0 Å². The van der Waals surface area contributed by atoms with Gasteiger partial charge in [0, 0.05) is 31.4 Å². The molecule has 3 N–H and O–H groups in total. The fourth-order valence-electron chi connectivity index (χ4n) is 1.85. The van der Waals surface area contributed by atoms with Gasteiger partial charge in [-0.2, -0.15) is 9.97 Å². The summed E-state index contributed by atoms with van der Waals surface area (Å²) in [5, 5.41) is 3.14. The first kappa shape index (κ1) is 13.9. The molecule has 0 aliphatic carbocycles. The van der Waals surface area contributed by atoms with Gasteiger partial charge in [0.15, 0.2) is 0 Å². The molecule has 6 nitrogen and oxygen atoms in total. The van der Waals surface area contributed by atoms with Gasteiger partial charge in [0.05, 0.1) is 7.11 Å². The quantitative estimate of drug-likeness (QED) is 0.870. The van der Waals surface area contributed by atoms with Gasteiger partial charge >= 0.3 is 0 Å². The maximum absolute atomic E-state index is 5.75. The normalized spacial score (nSPS) is 10.2. The lowest BCUT2D eigenvalue weighted by Crippen LogP contribution is -2.14. The molecule has 1 heterocycles. The third-order valence-electron chi connectivity index (χ3n) is 2.87. The van der Waals surface area contributed by atoms with Gasteiger partial charge < -0.3 is 20.7 Å². The van der Waals surface area contributed by atoms with Crippen molar-refractivity contribution in [1.82, 2.24) is 9.97 Å². The Bertz CT molecular complexity index is 588. The molecule has 0 atom stereocenters. The summed E-state index contributed by atoms with van der Waals surface area (Å²) in [6, 6.07) is 9.61. The van der Waals surface area contributed by atoms with Crippen LogP contribution < -0.4 is 20.7 Å². The molecule has 20 heavy (non-hydrogen) atoms. The van der Waals surface area contributed by atoms with E-state index in [0.717, 1.165) is 23.8 Å². The average molecular weight is 273 g/mol. The van der Waals surface area contributed by atoms with E-state index in [-0.39, 0.29) is 5.95 Å². The fraction of sp³-hybridized carbons (Fsp3) is 0.286. The lowest BCUT2D eigenvalue weighted by molar-refractivity contribution is 0.415. The van der Waals surface area contributed by atoms with Crippen molar-refractivity contribution in [2.75, 3.05) is 36.7 Å². The van der Waals surface area contributed by atoms with Crippen molar-refractivity contribution < 1.29 is 4.74 Å².